The van der Waals surface area contributed by atoms with E-state index in [1.807, 2.05) is 104 Å². The molecule has 0 atom stereocenters. The van der Waals surface area contributed by atoms with Crippen molar-refractivity contribution in [2.75, 3.05) is 38.5 Å². The van der Waals surface area contributed by atoms with Crippen molar-refractivity contribution in [2.45, 2.75) is 85.2 Å². The van der Waals surface area contributed by atoms with Crippen molar-refractivity contribution in [3.63, 3.8) is 0 Å². The third kappa shape index (κ3) is 10.9. The quantitative estimate of drug-likeness (QED) is 0.262. The van der Waals surface area contributed by atoms with Crippen LogP contribution in [0.25, 0.3) is 0 Å². The number of benzene rings is 2. The molecule has 0 aromatic heterocycles. The summed E-state index contributed by atoms with van der Waals surface area (Å²) in [6.45, 7) is 16.3. The number of nitrogens with two attached hydrogens (primary N) is 1. The molecule has 2 aliphatic rings. The summed E-state index contributed by atoms with van der Waals surface area (Å²) in [7, 11) is 2.21. The van der Waals surface area contributed by atoms with Gasteiger partial charge in [-0.15, -0.1) is 0 Å². The Morgan fingerprint density at radius 3 is 1.34 bits per heavy atom. The predicted molar refractivity (Wildman–Crippen MR) is 179 cm³/mol. The van der Waals surface area contributed by atoms with Crippen LogP contribution in [0.4, 0.5) is 11.4 Å². The zero-order chi connectivity index (χ0) is 32.6. The minimum Gasteiger partial charge on any atom is -0.399 e. The molecule has 0 bridgehead atoms. The van der Waals surface area contributed by atoms with E-state index >= 15 is 0 Å². The Labute approximate surface area is 268 Å². The normalized spacial score (nSPS) is 18.6. The van der Waals surface area contributed by atoms with Crippen molar-refractivity contribution in [3.05, 3.63) is 48.5 Å². The number of halogens is 1. The van der Waals surface area contributed by atoms with Gasteiger partial charge in [-0.2, -0.15) is 0 Å². The molecule has 1 amide bonds. The fraction of sp³-hybridized carbons (Fsp3) is 0.548. The van der Waals surface area contributed by atoms with Crippen LogP contribution in [0, 0.1) is 0 Å². The monoisotopic (exact) mass is 634 g/mol. The van der Waals surface area contributed by atoms with Gasteiger partial charge in [0.1, 0.15) is 13.2 Å². The second-order valence-electron chi connectivity index (χ2n) is 12.2. The van der Waals surface area contributed by atoms with Crippen LogP contribution >= 0.6 is 11.6 Å². The first-order chi connectivity index (χ1) is 19.8. The zero-order valence-corrected chi connectivity index (χ0v) is 27.7. The summed E-state index contributed by atoms with van der Waals surface area (Å²) >= 11 is 4.81. The van der Waals surface area contributed by atoms with E-state index in [0.717, 1.165) is 22.3 Å². The zero-order valence-electron chi connectivity index (χ0n) is 26.9. The van der Waals surface area contributed by atoms with Gasteiger partial charge in [0.15, 0.2) is 0 Å². The number of carbonyl (C=O) groups excluding carboxylic acids is 2. The Morgan fingerprint density at radius 1 is 0.705 bits per heavy atom. The molecule has 0 spiro atoms. The fourth-order valence-corrected chi connectivity index (χ4v) is 3.89. The van der Waals surface area contributed by atoms with E-state index < -0.39 is 12.4 Å². The van der Waals surface area contributed by atoms with Crippen LogP contribution < -0.4 is 22.0 Å². The molecule has 4 rings (SSSR count). The van der Waals surface area contributed by atoms with Crippen molar-refractivity contribution in [1.82, 2.24) is 0 Å². The maximum absolute atomic E-state index is 11.4. The molecule has 0 saturated carbocycles. The Hall–Kier alpha value is -2.44. The summed E-state index contributed by atoms with van der Waals surface area (Å²) in [5.41, 5.74) is 7.76. The van der Waals surface area contributed by atoms with Crippen LogP contribution in [-0.2, 0) is 37.7 Å². The lowest BCUT2D eigenvalue weighted by atomic mass is 9.79. The van der Waals surface area contributed by atoms with E-state index in [1.165, 1.54) is 14.2 Å². The lowest BCUT2D eigenvalue weighted by Gasteiger charge is -2.32. The smallest absolute Gasteiger partial charge is 0.399 e. The SMILES string of the molecule is C.CC1(C)OB(c2ccc(N)cc2)OC1(C)C.COCC(=O)Cl.COCC(=O)Nc1ccc(B2OC(C)(C)C(C)(C)O2)cc1. The number of methoxy groups -OCH3 is 2. The minimum absolute atomic E-state index is 0. The lowest BCUT2D eigenvalue weighted by Crippen LogP contribution is -2.41. The first-order valence-corrected chi connectivity index (χ1v) is 14.3. The van der Waals surface area contributed by atoms with E-state index in [2.05, 4.69) is 10.1 Å². The van der Waals surface area contributed by atoms with Gasteiger partial charge in [0.05, 0.1) is 22.4 Å². The molecule has 2 aromatic carbocycles. The molecule has 2 aliphatic heterocycles. The second kappa shape index (κ2) is 16.2. The number of nitrogens with one attached hydrogen (secondary N) is 1. The highest BCUT2D eigenvalue weighted by Gasteiger charge is 2.52. The second-order valence-corrected chi connectivity index (χ2v) is 12.7. The topological polar surface area (TPSA) is 128 Å². The van der Waals surface area contributed by atoms with Gasteiger partial charge in [0, 0.05) is 25.6 Å². The molecule has 2 aromatic rings. The molecule has 0 radical (unpaired) electrons. The standard InChI is InChI=1S/C15H22BNO4.C12H18BNO2.C3H5ClO2.CH4/c1-14(2)15(3,4)21-16(20-14)11-6-8-12(9-7-11)17-13(18)10-19-5;1-11(2)12(3,4)16-13(15-11)9-5-7-10(14)8-6-9;1-6-2-3(4)5;/h6-9H,10H2,1-5H3,(H,17,18);5-8H,14H2,1-4H3;2H2,1H3;1H4. The maximum Gasteiger partial charge on any atom is 0.494 e. The van der Waals surface area contributed by atoms with Crippen molar-refractivity contribution < 1.29 is 37.7 Å². The van der Waals surface area contributed by atoms with Crippen molar-refractivity contribution in [1.29, 1.82) is 0 Å². The summed E-state index contributed by atoms with van der Waals surface area (Å²) in [6, 6.07) is 15.0. The van der Waals surface area contributed by atoms with Gasteiger partial charge < -0.3 is 39.1 Å². The van der Waals surface area contributed by atoms with Crippen LogP contribution in [0.5, 0.6) is 0 Å². The van der Waals surface area contributed by atoms with Gasteiger partial charge in [-0.25, -0.2) is 0 Å². The minimum atomic E-state index is -0.461. The Kier molecular flexibility index (Phi) is 14.6. The molecule has 44 heavy (non-hydrogen) atoms. The summed E-state index contributed by atoms with van der Waals surface area (Å²) in [5.74, 6) is -0.180. The maximum atomic E-state index is 11.4. The average molecular weight is 635 g/mol. The van der Waals surface area contributed by atoms with E-state index in [0.29, 0.717) is 0 Å². The average Bonchev–Trinajstić information content (AvgIpc) is 3.25. The molecule has 3 N–H and O–H groups in total. The molecule has 0 aliphatic carbocycles. The summed E-state index contributed by atoms with van der Waals surface area (Å²) in [5, 5.41) is 2.29. The molecule has 10 nitrogen and oxygen atoms in total. The molecule has 244 valence electrons. The van der Waals surface area contributed by atoms with Gasteiger partial charge in [-0.3, -0.25) is 9.59 Å². The predicted octanol–water partition coefficient (Wildman–Crippen LogP) is 4.17. The largest absolute Gasteiger partial charge is 0.494 e. The number of amides is 1. The van der Waals surface area contributed by atoms with E-state index in [9.17, 15) is 9.59 Å². The highest BCUT2D eigenvalue weighted by Crippen LogP contribution is 2.37. The van der Waals surface area contributed by atoms with E-state index in [1.54, 1.807) is 0 Å². The number of ether oxygens (including phenoxy) is 2. The van der Waals surface area contributed by atoms with Crippen molar-refractivity contribution >= 4 is 59.3 Å². The highest BCUT2D eigenvalue weighted by atomic mass is 35.5. The fourth-order valence-electron chi connectivity index (χ4n) is 3.78. The number of rotatable bonds is 7. The first-order valence-electron chi connectivity index (χ1n) is 14.0. The van der Waals surface area contributed by atoms with Crippen LogP contribution in [0.2, 0.25) is 0 Å². The van der Waals surface area contributed by atoms with Gasteiger partial charge in [-0.05, 0) is 102 Å². The molecule has 0 unspecified atom stereocenters. The number of hydrogen-bond acceptors (Lipinski definition) is 9. The number of carbonyl (C=O) groups is 2. The third-order valence-corrected chi connectivity index (χ3v) is 7.82. The number of nitrogen functional groups attached to an aromatic ring is 1. The Balaban J connectivity index is 0.000000373. The van der Waals surface area contributed by atoms with Gasteiger partial charge >= 0.3 is 14.2 Å². The summed E-state index contributed by atoms with van der Waals surface area (Å²) < 4.78 is 32.9. The lowest BCUT2D eigenvalue weighted by molar-refractivity contribution is -0.119. The van der Waals surface area contributed by atoms with Crippen LogP contribution in [0.3, 0.4) is 0 Å². The molecule has 2 heterocycles. The van der Waals surface area contributed by atoms with Crippen LogP contribution in [0.1, 0.15) is 62.8 Å². The number of hydrogen-bond donors (Lipinski definition) is 2. The van der Waals surface area contributed by atoms with Crippen LogP contribution in [-0.4, -0.2) is 75.2 Å². The molecular formula is C31H49B2ClN2O8. The van der Waals surface area contributed by atoms with Gasteiger partial charge in [-0.1, -0.05) is 31.7 Å². The summed E-state index contributed by atoms with van der Waals surface area (Å²) in [6.07, 6.45) is 0. The van der Waals surface area contributed by atoms with Gasteiger partial charge in [0.2, 0.25) is 11.1 Å². The van der Waals surface area contributed by atoms with E-state index in [-0.39, 0.29) is 56.1 Å². The molecule has 13 heteroatoms. The van der Waals surface area contributed by atoms with E-state index in [4.69, 9.17) is 40.7 Å². The summed E-state index contributed by atoms with van der Waals surface area (Å²) in [4.78, 5) is 21.1. The van der Waals surface area contributed by atoms with Crippen molar-refractivity contribution in [2.24, 2.45) is 0 Å². The van der Waals surface area contributed by atoms with Gasteiger partial charge in [0.25, 0.3) is 0 Å². The molecule has 2 saturated heterocycles. The Morgan fingerprint density at radius 2 is 1.05 bits per heavy atom. The molecule has 2 fully saturated rings. The third-order valence-electron chi connectivity index (χ3n) is 7.71. The van der Waals surface area contributed by atoms with Crippen molar-refractivity contribution in [3.8, 4) is 0 Å². The van der Waals surface area contributed by atoms with Crippen LogP contribution in [0.15, 0.2) is 48.5 Å². The highest BCUT2D eigenvalue weighted by molar-refractivity contribution is 6.64. The Bertz CT molecular complexity index is 1180. The molecular weight excluding hydrogens is 585 g/mol. The number of anilines is 2. The first kappa shape index (κ1) is 39.6.